The van der Waals surface area contributed by atoms with Gasteiger partial charge in [-0.1, -0.05) is 6.92 Å². The second-order valence-electron chi connectivity index (χ2n) is 5.58. The lowest BCUT2D eigenvalue weighted by Crippen LogP contribution is -2.39. The van der Waals surface area contributed by atoms with Crippen LogP contribution in [-0.2, 0) is 6.42 Å². The average molecular weight is 300 g/mol. The van der Waals surface area contributed by atoms with Crippen LogP contribution in [0.1, 0.15) is 59.8 Å². The summed E-state index contributed by atoms with van der Waals surface area (Å²) in [7, 11) is 0. The van der Waals surface area contributed by atoms with E-state index in [0.29, 0.717) is 12.0 Å². The SMILES string of the molecule is CCc1nnc(C)cc1C(=O)N1CCCC[C@@H]1c1ncn[nH]1. The summed E-state index contributed by atoms with van der Waals surface area (Å²) < 4.78 is 0. The molecule has 2 aromatic heterocycles. The van der Waals surface area contributed by atoms with E-state index in [-0.39, 0.29) is 11.9 Å². The molecule has 7 nitrogen and oxygen atoms in total. The maximum Gasteiger partial charge on any atom is 0.256 e. The molecule has 0 aliphatic carbocycles. The standard InChI is InChI=1S/C15H20N6O/c1-3-12-11(8-10(2)18-19-12)15(22)21-7-5-4-6-13(21)14-16-9-17-20-14/h8-9,13H,3-7H2,1-2H3,(H,16,17,20)/t13-/m1/s1. The number of hydrogen-bond donors (Lipinski definition) is 1. The molecule has 0 bridgehead atoms. The van der Waals surface area contributed by atoms with E-state index in [0.717, 1.165) is 43.0 Å². The van der Waals surface area contributed by atoms with Crippen LogP contribution in [0.25, 0.3) is 0 Å². The van der Waals surface area contributed by atoms with Gasteiger partial charge >= 0.3 is 0 Å². The second kappa shape index (κ2) is 6.21. The zero-order chi connectivity index (χ0) is 15.5. The Balaban J connectivity index is 1.94. The normalized spacial score (nSPS) is 18.5. The largest absolute Gasteiger partial charge is 0.328 e. The van der Waals surface area contributed by atoms with Gasteiger partial charge < -0.3 is 4.90 Å². The number of aryl methyl sites for hydroxylation is 2. The molecule has 1 N–H and O–H groups in total. The summed E-state index contributed by atoms with van der Waals surface area (Å²) in [6.45, 7) is 4.57. The summed E-state index contributed by atoms with van der Waals surface area (Å²) >= 11 is 0. The molecule has 0 radical (unpaired) electrons. The molecule has 22 heavy (non-hydrogen) atoms. The number of rotatable bonds is 3. The number of likely N-dealkylation sites (tertiary alicyclic amines) is 1. The first-order valence-corrected chi connectivity index (χ1v) is 7.70. The van der Waals surface area contributed by atoms with Gasteiger partial charge in [0.05, 0.1) is 23.0 Å². The molecular formula is C15H20N6O. The fourth-order valence-corrected chi connectivity index (χ4v) is 2.95. The lowest BCUT2D eigenvalue weighted by atomic mass is 9.99. The van der Waals surface area contributed by atoms with Gasteiger partial charge in [0.1, 0.15) is 12.2 Å². The van der Waals surface area contributed by atoms with Gasteiger partial charge in [-0.15, -0.1) is 0 Å². The van der Waals surface area contributed by atoms with E-state index in [1.54, 1.807) is 0 Å². The monoisotopic (exact) mass is 300 g/mol. The zero-order valence-electron chi connectivity index (χ0n) is 12.9. The first-order valence-electron chi connectivity index (χ1n) is 7.70. The molecule has 0 aromatic carbocycles. The Labute approximate surface area is 129 Å². The fourth-order valence-electron chi connectivity index (χ4n) is 2.95. The molecule has 3 rings (SSSR count). The Bertz CT molecular complexity index is 654. The van der Waals surface area contributed by atoms with Crippen molar-refractivity contribution in [3.63, 3.8) is 0 Å². The van der Waals surface area contributed by atoms with Crippen LogP contribution in [0.2, 0.25) is 0 Å². The molecular weight excluding hydrogens is 280 g/mol. The number of aromatic nitrogens is 5. The van der Waals surface area contributed by atoms with E-state index < -0.39 is 0 Å². The van der Waals surface area contributed by atoms with Crippen molar-refractivity contribution in [1.82, 2.24) is 30.3 Å². The highest BCUT2D eigenvalue weighted by molar-refractivity contribution is 5.95. The van der Waals surface area contributed by atoms with Gasteiger partial charge in [0.25, 0.3) is 5.91 Å². The number of aromatic amines is 1. The van der Waals surface area contributed by atoms with E-state index in [1.807, 2.05) is 24.8 Å². The van der Waals surface area contributed by atoms with Crippen molar-refractivity contribution in [2.24, 2.45) is 0 Å². The van der Waals surface area contributed by atoms with Crippen LogP contribution in [-0.4, -0.2) is 42.7 Å². The van der Waals surface area contributed by atoms with Crippen LogP contribution in [0.5, 0.6) is 0 Å². The highest BCUT2D eigenvalue weighted by atomic mass is 16.2. The van der Waals surface area contributed by atoms with E-state index in [2.05, 4.69) is 25.4 Å². The number of carbonyl (C=O) groups is 1. The highest BCUT2D eigenvalue weighted by Gasteiger charge is 2.31. The summed E-state index contributed by atoms with van der Waals surface area (Å²) in [4.78, 5) is 19.2. The summed E-state index contributed by atoms with van der Waals surface area (Å²) in [6, 6.07) is 1.79. The Morgan fingerprint density at radius 2 is 2.27 bits per heavy atom. The van der Waals surface area contributed by atoms with Crippen molar-refractivity contribution in [1.29, 1.82) is 0 Å². The minimum Gasteiger partial charge on any atom is -0.328 e. The maximum atomic E-state index is 13.0. The average Bonchev–Trinajstić information content (AvgIpc) is 3.08. The van der Waals surface area contributed by atoms with Crippen molar-refractivity contribution in [2.75, 3.05) is 6.54 Å². The van der Waals surface area contributed by atoms with Crippen molar-refractivity contribution < 1.29 is 4.79 Å². The van der Waals surface area contributed by atoms with Crippen LogP contribution < -0.4 is 0 Å². The molecule has 7 heteroatoms. The van der Waals surface area contributed by atoms with E-state index in [4.69, 9.17) is 0 Å². The third-order valence-electron chi connectivity index (χ3n) is 4.07. The molecule has 1 amide bonds. The number of nitrogens with zero attached hydrogens (tertiary/aromatic N) is 5. The second-order valence-corrected chi connectivity index (χ2v) is 5.58. The number of hydrogen-bond acceptors (Lipinski definition) is 5. The van der Waals surface area contributed by atoms with Crippen LogP contribution in [0.15, 0.2) is 12.4 Å². The van der Waals surface area contributed by atoms with E-state index in [1.165, 1.54) is 6.33 Å². The van der Waals surface area contributed by atoms with Crippen LogP contribution in [0.4, 0.5) is 0 Å². The van der Waals surface area contributed by atoms with Crippen molar-refractivity contribution in [3.8, 4) is 0 Å². The molecule has 1 saturated heterocycles. The van der Waals surface area contributed by atoms with Gasteiger partial charge in [0, 0.05) is 6.54 Å². The van der Waals surface area contributed by atoms with Gasteiger partial charge in [0.2, 0.25) is 0 Å². The van der Waals surface area contributed by atoms with Crippen LogP contribution in [0, 0.1) is 6.92 Å². The van der Waals surface area contributed by atoms with Crippen molar-refractivity contribution >= 4 is 5.91 Å². The molecule has 0 unspecified atom stereocenters. The number of nitrogens with one attached hydrogen (secondary N) is 1. The predicted molar refractivity (Wildman–Crippen MR) is 80.2 cm³/mol. The van der Waals surface area contributed by atoms with Gasteiger partial charge in [-0.05, 0) is 38.7 Å². The highest BCUT2D eigenvalue weighted by Crippen LogP contribution is 2.30. The summed E-state index contributed by atoms with van der Waals surface area (Å²) in [5, 5.41) is 15.0. The molecule has 116 valence electrons. The summed E-state index contributed by atoms with van der Waals surface area (Å²) in [5.74, 6) is 0.765. The number of amides is 1. The molecule has 0 spiro atoms. The number of H-pyrrole nitrogens is 1. The smallest absolute Gasteiger partial charge is 0.256 e. The maximum absolute atomic E-state index is 13.0. The third kappa shape index (κ3) is 2.70. The molecule has 3 heterocycles. The molecule has 0 saturated carbocycles. The Hall–Kier alpha value is -2.31. The Morgan fingerprint density at radius 1 is 1.41 bits per heavy atom. The van der Waals surface area contributed by atoms with Gasteiger partial charge in [-0.3, -0.25) is 9.89 Å². The zero-order valence-corrected chi connectivity index (χ0v) is 12.9. The Morgan fingerprint density at radius 3 is 3.00 bits per heavy atom. The number of piperidine rings is 1. The van der Waals surface area contributed by atoms with Crippen molar-refractivity contribution in [2.45, 2.75) is 45.6 Å². The topological polar surface area (TPSA) is 87.7 Å². The lowest BCUT2D eigenvalue weighted by molar-refractivity contribution is 0.0598. The van der Waals surface area contributed by atoms with E-state index >= 15 is 0 Å². The molecule has 1 atom stereocenters. The van der Waals surface area contributed by atoms with Crippen LogP contribution >= 0.6 is 0 Å². The summed E-state index contributed by atoms with van der Waals surface area (Å²) in [6.07, 6.45) is 5.18. The van der Waals surface area contributed by atoms with E-state index in [9.17, 15) is 4.79 Å². The molecule has 1 aliphatic rings. The van der Waals surface area contributed by atoms with Crippen molar-refractivity contribution in [3.05, 3.63) is 35.2 Å². The minimum absolute atomic E-state index is 0.0101. The third-order valence-corrected chi connectivity index (χ3v) is 4.07. The first-order chi connectivity index (χ1) is 10.7. The fraction of sp³-hybridized carbons (Fsp3) is 0.533. The van der Waals surface area contributed by atoms with Gasteiger partial charge in [-0.2, -0.15) is 15.3 Å². The predicted octanol–water partition coefficient (Wildman–Crippen LogP) is 1.83. The van der Waals surface area contributed by atoms with Crippen LogP contribution in [0.3, 0.4) is 0 Å². The number of carbonyl (C=O) groups excluding carboxylic acids is 1. The Kier molecular flexibility index (Phi) is 4.13. The lowest BCUT2D eigenvalue weighted by Gasteiger charge is -2.34. The van der Waals surface area contributed by atoms with Gasteiger partial charge in [-0.25, -0.2) is 4.98 Å². The van der Waals surface area contributed by atoms with Gasteiger partial charge in [0.15, 0.2) is 0 Å². The quantitative estimate of drug-likeness (QED) is 0.934. The molecule has 1 fully saturated rings. The summed E-state index contributed by atoms with van der Waals surface area (Å²) in [5.41, 5.74) is 2.16. The first kappa shape index (κ1) is 14.6. The minimum atomic E-state index is -0.0399. The molecule has 2 aromatic rings. The molecule has 1 aliphatic heterocycles.